The fourth-order valence-electron chi connectivity index (χ4n) is 1.33. The Kier molecular flexibility index (Phi) is 4.64. The molecule has 1 aromatic heterocycles. The number of benzene rings is 1. The summed E-state index contributed by atoms with van der Waals surface area (Å²) in [5, 5.41) is 0.406. The van der Waals surface area contributed by atoms with E-state index in [-0.39, 0.29) is 10.0 Å². The van der Waals surface area contributed by atoms with Gasteiger partial charge in [-0.05, 0) is 47.2 Å². The van der Waals surface area contributed by atoms with Gasteiger partial charge in [0.2, 0.25) is 0 Å². The van der Waals surface area contributed by atoms with Gasteiger partial charge in [-0.25, -0.2) is 4.79 Å². The van der Waals surface area contributed by atoms with Gasteiger partial charge < -0.3 is 9.47 Å². The molecule has 0 bridgehead atoms. The Morgan fingerprint density at radius 2 is 2.21 bits per heavy atom. The Bertz CT molecular complexity index is 629. The molecule has 0 unspecified atom stereocenters. The van der Waals surface area contributed by atoms with Crippen molar-refractivity contribution in [2.24, 2.45) is 0 Å². The lowest BCUT2D eigenvalue weighted by atomic mass is 10.2. The number of thiazole rings is 1. The first kappa shape index (κ1) is 14.5. The van der Waals surface area contributed by atoms with Gasteiger partial charge in [0, 0.05) is 0 Å². The molecule has 2 aromatic rings. The number of hydrogen-bond acceptors (Lipinski definition) is 5. The first-order valence-corrected chi connectivity index (χ1v) is 7.47. The summed E-state index contributed by atoms with van der Waals surface area (Å²) in [7, 11) is 1.29. The fourth-order valence-corrected chi connectivity index (χ4v) is 2.83. The van der Waals surface area contributed by atoms with Gasteiger partial charge >= 0.3 is 5.97 Å². The lowest BCUT2D eigenvalue weighted by Gasteiger charge is -2.04. The average Bonchev–Trinajstić information content (AvgIpc) is 2.74. The minimum Gasteiger partial charge on any atom is -0.465 e. The number of hydrogen-bond donors (Lipinski definition) is 0. The van der Waals surface area contributed by atoms with Crippen molar-refractivity contribution in [1.29, 1.82) is 0 Å². The summed E-state index contributed by atoms with van der Waals surface area (Å²) in [4.78, 5) is 15.7. The maximum atomic E-state index is 11.4. The van der Waals surface area contributed by atoms with Crippen LogP contribution in [0.1, 0.15) is 15.2 Å². The first-order valence-electron chi connectivity index (χ1n) is 5.20. The lowest BCUT2D eigenvalue weighted by Crippen LogP contribution is -1.98. The molecule has 1 heterocycles. The van der Waals surface area contributed by atoms with E-state index in [0.717, 1.165) is 20.5 Å². The highest BCUT2D eigenvalue weighted by Crippen LogP contribution is 2.34. The molecule has 0 N–H and O–H groups in total. The molecular formula is C12H9ClINO3S. The zero-order valence-electron chi connectivity index (χ0n) is 10.1. The number of methoxy groups -OCH3 is 1. The zero-order valence-corrected chi connectivity index (χ0v) is 13.8. The SMILES string of the molecule is COC(=O)c1sc(Oc2cc(C)ccc2I)nc1Cl. The Hall–Kier alpha value is -0.860. The van der Waals surface area contributed by atoms with Gasteiger partial charge in [0.1, 0.15) is 5.75 Å². The van der Waals surface area contributed by atoms with E-state index in [9.17, 15) is 4.79 Å². The largest absolute Gasteiger partial charge is 0.465 e. The van der Waals surface area contributed by atoms with Gasteiger partial charge in [0.25, 0.3) is 5.19 Å². The number of carbonyl (C=O) groups excluding carboxylic acids is 1. The van der Waals surface area contributed by atoms with Gasteiger partial charge in [-0.15, -0.1) is 0 Å². The van der Waals surface area contributed by atoms with E-state index in [0.29, 0.717) is 10.9 Å². The highest BCUT2D eigenvalue weighted by Gasteiger charge is 2.19. The van der Waals surface area contributed by atoms with E-state index >= 15 is 0 Å². The Morgan fingerprint density at radius 3 is 2.89 bits per heavy atom. The van der Waals surface area contributed by atoms with Gasteiger partial charge in [-0.3, -0.25) is 0 Å². The van der Waals surface area contributed by atoms with E-state index in [1.807, 2.05) is 25.1 Å². The Balaban J connectivity index is 2.29. The van der Waals surface area contributed by atoms with Gasteiger partial charge in [0.15, 0.2) is 10.0 Å². The van der Waals surface area contributed by atoms with E-state index in [4.69, 9.17) is 16.3 Å². The lowest BCUT2D eigenvalue weighted by molar-refractivity contribution is 0.0606. The molecule has 0 saturated carbocycles. The minimum absolute atomic E-state index is 0.0921. The van der Waals surface area contributed by atoms with Gasteiger partial charge in [-0.1, -0.05) is 29.0 Å². The molecule has 0 amide bonds. The Labute approximate surface area is 132 Å². The first-order chi connectivity index (χ1) is 9.01. The second kappa shape index (κ2) is 6.06. The third-order valence-electron chi connectivity index (χ3n) is 2.22. The third-order valence-corrected chi connectivity index (χ3v) is 4.41. The summed E-state index contributed by atoms with van der Waals surface area (Å²) in [5.74, 6) is 0.165. The van der Waals surface area contributed by atoms with Crippen LogP contribution in [0.5, 0.6) is 10.9 Å². The van der Waals surface area contributed by atoms with Crippen LogP contribution in [0.25, 0.3) is 0 Å². The predicted molar refractivity (Wildman–Crippen MR) is 82.4 cm³/mol. The monoisotopic (exact) mass is 409 g/mol. The van der Waals surface area contributed by atoms with E-state index in [1.54, 1.807) is 0 Å². The van der Waals surface area contributed by atoms with Crippen LogP contribution in [0.4, 0.5) is 0 Å². The summed E-state index contributed by atoms with van der Waals surface area (Å²) in [5.41, 5.74) is 1.08. The number of rotatable bonds is 3. The third kappa shape index (κ3) is 3.37. The van der Waals surface area contributed by atoms with Crippen LogP contribution >= 0.6 is 45.5 Å². The summed E-state index contributed by atoms with van der Waals surface area (Å²) in [6.07, 6.45) is 0. The highest BCUT2D eigenvalue weighted by atomic mass is 127. The molecule has 0 saturated heterocycles. The molecule has 0 aliphatic rings. The van der Waals surface area contributed by atoms with Crippen molar-refractivity contribution in [3.63, 3.8) is 0 Å². The van der Waals surface area contributed by atoms with Crippen LogP contribution in [0.15, 0.2) is 18.2 Å². The molecule has 4 nitrogen and oxygen atoms in total. The zero-order chi connectivity index (χ0) is 14.0. The molecule has 0 atom stereocenters. The second-order valence-corrected chi connectivity index (χ2v) is 6.11. The van der Waals surface area contributed by atoms with E-state index < -0.39 is 5.97 Å². The Morgan fingerprint density at radius 1 is 1.47 bits per heavy atom. The number of esters is 1. The van der Waals surface area contributed by atoms with Crippen molar-refractivity contribution >= 4 is 51.5 Å². The maximum Gasteiger partial charge on any atom is 0.351 e. The minimum atomic E-state index is -0.517. The van der Waals surface area contributed by atoms with Crippen molar-refractivity contribution in [3.05, 3.63) is 37.4 Å². The standard InChI is InChI=1S/C12H9ClINO3S/c1-6-3-4-7(14)8(5-6)18-12-15-10(13)9(19-12)11(16)17-2/h3-5H,1-2H3. The number of ether oxygens (including phenoxy) is 2. The topological polar surface area (TPSA) is 48.4 Å². The fraction of sp³-hybridized carbons (Fsp3) is 0.167. The van der Waals surface area contributed by atoms with Crippen LogP contribution in [0, 0.1) is 10.5 Å². The smallest absolute Gasteiger partial charge is 0.351 e. The van der Waals surface area contributed by atoms with Gasteiger partial charge in [-0.2, -0.15) is 4.98 Å². The van der Waals surface area contributed by atoms with Crippen LogP contribution in [0.3, 0.4) is 0 Å². The van der Waals surface area contributed by atoms with E-state index in [1.165, 1.54) is 7.11 Å². The molecule has 2 rings (SSSR count). The number of carbonyl (C=O) groups is 1. The molecule has 0 radical (unpaired) electrons. The predicted octanol–water partition coefficient (Wildman–Crippen LogP) is 4.29. The van der Waals surface area contributed by atoms with Crippen molar-refractivity contribution in [1.82, 2.24) is 4.98 Å². The molecule has 7 heteroatoms. The van der Waals surface area contributed by atoms with Crippen molar-refractivity contribution in [2.75, 3.05) is 7.11 Å². The van der Waals surface area contributed by atoms with Crippen molar-refractivity contribution in [3.8, 4) is 10.9 Å². The molecule has 0 aliphatic carbocycles. The number of halogens is 2. The normalized spacial score (nSPS) is 10.3. The molecule has 0 aliphatic heterocycles. The summed E-state index contributed by atoms with van der Waals surface area (Å²) in [6.45, 7) is 1.97. The van der Waals surface area contributed by atoms with Crippen LogP contribution in [-0.2, 0) is 4.74 Å². The summed E-state index contributed by atoms with van der Waals surface area (Å²) < 4.78 is 11.2. The molecular weight excluding hydrogens is 401 g/mol. The molecule has 0 fully saturated rings. The van der Waals surface area contributed by atoms with Crippen LogP contribution in [0.2, 0.25) is 5.15 Å². The van der Waals surface area contributed by atoms with Crippen LogP contribution < -0.4 is 4.74 Å². The van der Waals surface area contributed by atoms with Crippen molar-refractivity contribution in [2.45, 2.75) is 6.92 Å². The quantitative estimate of drug-likeness (QED) is 0.560. The highest BCUT2D eigenvalue weighted by molar-refractivity contribution is 14.1. The molecule has 19 heavy (non-hydrogen) atoms. The van der Waals surface area contributed by atoms with E-state index in [2.05, 4.69) is 32.3 Å². The summed E-state index contributed by atoms with van der Waals surface area (Å²) >= 11 is 9.10. The number of nitrogens with zero attached hydrogens (tertiary/aromatic N) is 1. The molecule has 100 valence electrons. The molecule has 1 aromatic carbocycles. The molecule has 0 spiro atoms. The van der Waals surface area contributed by atoms with Gasteiger partial charge in [0.05, 0.1) is 10.7 Å². The van der Waals surface area contributed by atoms with Crippen molar-refractivity contribution < 1.29 is 14.3 Å². The number of aromatic nitrogens is 1. The second-order valence-electron chi connectivity index (χ2n) is 3.63. The maximum absolute atomic E-state index is 11.4. The number of aryl methyl sites for hydroxylation is 1. The average molecular weight is 410 g/mol. The van der Waals surface area contributed by atoms with Crippen LogP contribution in [-0.4, -0.2) is 18.1 Å². The summed E-state index contributed by atoms with van der Waals surface area (Å²) in [6, 6.07) is 5.83.